The fraction of sp³-hybridized carbons (Fsp3) is 0.333. The topological polar surface area (TPSA) is 58.2 Å². The Hall–Kier alpha value is -2.62. The minimum atomic E-state index is 0.00977. The lowest BCUT2D eigenvalue weighted by molar-refractivity contribution is -0.121. The Bertz CT molecular complexity index is 666. The summed E-state index contributed by atoms with van der Waals surface area (Å²) in [7, 11) is 0. The second kappa shape index (κ2) is 10.3. The molecule has 0 saturated carbocycles. The molecule has 0 radical (unpaired) electrons. The van der Waals surface area contributed by atoms with Crippen molar-refractivity contribution in [3.05, 3.63) is 65.7 Å². The predicted octanol–water partition coefficient (Wildman–Crippen LogP) is 3.72. The quantitative estimate of drug-likeness (QED) is 0.732. The number of aryl methyl sites for hydroxylation is 2. The third-order valence-electron chi connectivity index (χ3n) is 3.93. The summed E-state index contributed by atoms with van der Waals surface area (Å²) in [6.45, 7) is 2.76. The number of benzene rings is 2. The van der Waals surface area contributed by atoms with Crippen molar-refractivity contribution >= 4 is 17.5 Å². The zero-order valence-corrected chi connectivity index (χ0v) is 14.8. The fourth-order valence-electron chi connectivity index (χ4n) is 2.49. The largest absolute Gasteiger partial charge is 0.356 e. The molecule has 2 rings (SSSR count). The first-order valence-electron chi connectivity index (χ1n) is 8.87. The van der Waals surface area contributed by atoms with Crippen LogP contribution in [0.5, 0.6) is 0 Å². The second-order valence-electron chi connectivity index (χ2n) is 6.08. The number of carbonyl (C=O) groups is 2. The van der Waals surface area contributed by atoms with Crippen LogP contribution in [0.1, 0.15) is 37.3 Å². The van der Waals surface area contributed by atoms with E-state index in [9.17, 15) is 9.59 Å². The maximum Gasteiger partial charge on any atom is 0.224 e. The number of hydrogen-bond donors (Lipinski definition) is 2. The molecule has 25 heavy (non-hydrogen) atoms. The predicted molar refractivity (Wildman–Crippen MR) is 101 cm³/mol. The fourth-order valence-corrected chi connectivity index (χ4v) is 2.49. The maximum absolute atomic E-state index is 12.0. The highest BCUT2D eigenvalue weighted by Gasteiger charge is 2.04. The summed E-state index contributed by atoms with van der Waals surface area (Å²) in [5.41, 5.74) is 3.04. The molecule has 2 amide bonds. The van der Waals surface area contributed by atoms with Gasteiger partial charge >= 0.3 is 0 Å². The molecule has 0 atom stereocenters. The lowest BCUT2D eigenvalue weighted by atomic mass is 10.1. The molecule has 0 aliphatic rings. The van der Waals surface area contributed by atoms with E-state index in [2.05, 4.69) is 10.6 Å². The highest BCUT2D eigenvalue weighted by molar-refractivity contribution is 5.90. The van der Waals surface area contributed by atoms with Crippen molar-refractivity contribution in [2.75, 3.05) is 11.9 Å². The smallest absolute Gasteiger partial charge is 0.224 e. The van der Waals surface area contributed by atoms with Gasteiger partial charge in [0.2, 0.25) is 11.8 Å². The maximum atomic E-state index is 12.0. The molecule has 0 aliphatic carbocycles. The summed E-state index contributed by atoms with van der Waals surface area (Å²) in [5.74, 6) is 0.0932. The number of amides is 2. The summed E-state index contributed by atoms with van der Waals surface area (Å²) in [6.07, 6.45) is 3.34. The Morgan fingerprint density at radius 1 is 0.800 bits per heavy atom. The Balaban J connectivity index is 1.74. The molecule has 0 heterocycles. The van der Waals surface area contributed by atoms with Crippen LogP contribution in [-0.2, 0) is 22.4 Å². The third-order valence-corrected chi connectivity index (χ3v) is 3.93. The van der Waals surface area contributed by atoms with E-state index in [1.165, 1.54) is 0 Å². The summed E-state index contributed by atoms with van der Waals surface area (Å²) in [6, 6.07) is 17.7. The van der Waals surface area contributed by atoms with Gasteiger partial charge in [-0.05, 0) is 42.5 Å². The molecule has 0 fully saturated rings. The zero-order valence-electron chi connectivity index (χ0n) is 14.8. The van der Waals surface area contributed by atoms with Gasteiger partial charge < -0.3 is 10.6 Å². The average Bonchev–Trinajstić information content (AvgIpc) is 2.65. The monoisotopic (exact) mass is 338 g/mol. The van der Waals surface area contributed by atoms with Crippen molar-refractivity contribution in [2.45, 2.75) is 39.0 Å². The van der Waals surface area contributed by atoms with E-state index in [1.54, 1.807) is 0 Å². The first kappa shape index (κ1) is 18.7. The SMILES string of the molecule is CCCNC(=O)CCc1ccc(NC(=O)CCc2ccccc2)cc1. The van der Waals surface area contributed by atoms with Gasteiger partial charge in [0.15, 0.2) is 0 Å². The average molecular weight is 338 g/mol. The Morgan fingerprint density at radius 2 is 1.40 bits per heavy atom. The molecule has 2 N–H and O–H groups in total. The Kier molecular flexibility index (Phi) is 7.70. The van der Waals surface area contributed by atoms with E-state index in [0.29, 0.717) is 19.3 Å². The first-order valence-corrected chi connectivity index (χ1v) is 8.87. The molecule has 4 nitrogen and oxygen atoms in total. The van der Waals surface area contributed by atoms with Gasteiger partial charge in [-0.2, -0.15) is 0 Å². The molecule has 0 saturated heterocycles. The zero-order chi connectivity index (χ0) is 17.9. The van der Waals surface area contributed by atoms with Crippen LogP contribution >= 0.6 is 0 Å². The minimum Gasteiger partial charge on any atom is -0.356 e. The van der Waals surface area contributed by atoms with E-state index < -0.39 is 0 Å². The summed E-state index contributed by atoms with van der Waals surface area (Å²) >= 11 is 0. The van der Waals surface area contributed by atoms with Gasteiger partial charge in [-0.15, -0.1) is 0 Å². The van der Waals surface area contributed by atoms with Gasteiger partial charge in [0.1, 0.15) is 0 Å². The number of carbonyl (C=O) groups excluding carboxylic acids is 2. The third kappa shape index (κ3) is 7.21. The van der Waals surface area contributed by atoms with Gasteiger partial charge in [-0.1, -0.05) is 49.4 Å². The molecule has 0 bridgehead atoms. The summed E-state index contributed by atoms with van der Waals surface area (Å²) in [5, 5.41) is 5.79. The number of rotatable bonds is 9. The second-order valence-corrected chi connectivity index (χ2v) is 6.08. The minimum absolute atomic E-state index is 0.00977. The van der Waals surface area contributed by atoms with Gasteiger partial charge in [-0.25, -0.2) is 0 Å². The van der Waals surface area contributed by atoms with E-state index in [-0.39, 0.29) is 11.8 Å². The van der Waals surface area contributed by atoms with E-state index in [1.807, 2.05) is 61.5 Å². The standard InChI is InChI=1S/C21H26N2O2/c1-2-16-22-20(24)14-10-18-8-12-19(13-9-18)23-21(25)15-11-17-6-4-3-5-7-17/h3-9,12-13H,2,10-11,14-16H2,1H3,(H,22,24)(H,23,25). The van der Waals surface area contributed by atoms with Crippen molar-refractivity contribution in [1.82, 2.24) is 5.32 Å². The number of anilines is 1. The molecule has 2 aromatic rings. The first-order chi connectivity index (χ1) is 12.2. The van der Waals surface area contributed by atoms with Crippen molar-refractivity contribution in [3.8, 4) is 0 Å². The van der Waals surface area contributed by atoms with Crippen molar-refractivity contribution in [3.63, 3.8) is 0 Å². The summed E-state index contributed by atoms with van der Waals surface area (Å²) in [4.78, 5) is 23.6. The molecule has 4 heteroatoms. The van der Waals surface area contributed by atoms with Gasteiger partial charge in [0, 0.05) is 25.1 Å². The van der Waals surface area contributed by atoms with E-state index in [0.717, 1.165) is 36.2 Å². The van der Waals surface area contributed by atoms with Crippen molar-refractivity contribution in [1.29, 1.82) is 0 Å². The van der Waals surface area contributed by atoms with E-state index in [4.69, 9.17) is 0 Å². The lowest BCUT2D eigenvalue weighted by Gasteiger charge is -2.07. The van der Waals surface area contributed by atoms with Crippen molar-refractivity contribution in [2.24, 2.45) is 0 Å². The number of hydrogen-bond acceptors (Lipinski definition) is 2. The van der Waals surface area contributed by atoms with Crippen LogP contribution < -0.4 is 10.6 Å². The summed E-state index contributed by atoms with van der Waals surface area (Å²) < 4.78 is 0. The van der Waals surface area contributed by atoms with Gasteiger partial charge in [0.25, 0.3) is 0 Å². The lowest BCUT2D eigenvalue weighted by Crippen LogP contribution is -2.24. The number of nitrogens with one attached hydrogen (secondary N) is 2. The normalized spacial score (nSPS) is 10.3. The molecule has 0 aliphatic heterocycles. The van der Waals surface area contributed by atoms with Crippen LogP contribution in [0.3, 0.4) is 0 Å². The molecule has 0 spiro atoms. The highest BCUT2D eigenvalue weighted by atomic mass is 16.2. The molecule has 132 valence electrons. The van der Waals surface area contributed by atoms with Crippen LogP contribution in [0.15, 0.2) is 54.6 Å². The molecule has 0 unspecified atom stereocenters. The molecular weight excluding hydrogens is 312 g/mol. The van der Waals surface area contributed by atoms with Crippen LogP contribution in [0.25, 0.3) is 0 Å². The Labute approximate surface area is 149 Å². The van der Waals surface area contributed by atoms with Gasteiger partial charge in [0.05, 0.1) is 0 Å². The molecule has 0 aromatic heterocycles. The highest BCUT2D eigenvalue weighted by Crippen LogP contribution is 2.12. The van der Waals surface area contributed by atoms with Crippen LogP contribution in [0.2, 0.25) is 0 Å². The Morgan fingerprint density at radius 3 is 2.04 bits per heavy atom. The van der Waals surface area contributed by atoms with Crippen LogP contribution in [-0.4, -0.2) is 18.4 Å². The van der Waals surface area contributed by atoms with Crippen LogP contribution in [0, 0.1) is 0 Å². The van der Waals surface area contributed by atoms with Crippen molar-refractivity contribution < 1.29 is 9.59 Å². The molecule has 2 aromatic carbocycles. The van der Waals surface area contributed by atoms with E-state index >= 15 is 0 Å². The van der Waals surface area contributed by atoms with Crippen LogP contribution in [0.4, 0.5) is 5.69 Å². The van der Waals surface area contributed by atoms with Gasteiger partial charge in [-0.3, -0.25) is 9.59 Å². The molecular formula is C21H26N2O2.